The molecule has 0 aliphatic carbocycles. The number of rotatable bonds is 4. The molecule has 0 spiro atoms. The van der Waals surface area contributed by atoms with Crippen molar-refractivity contribution in [1.82, 2.24) is 15.1 Å². The lowest BCUT2D eigenvalue weighted by molar-refractivity contribution is 0.274. The predicted octanol–water partition coefficient (Wildman–Crippen LogP) is 2.54. The smallest absolute Gasteiger partial charge is 0.151 e. The molecule has 2 aromatic rings. The summed E-state index contributed by atoms with van der Waals surface area (Å²) in [6, 6.07) is 15.9. The second-order valence-electron chi connectivity index (χ2n) is 6.30. The first-order chi connectivity index (χ1) is 10.6. The highest BCUT2D eigenvalue weighted by atomic mass is 15.3. The van der Waals surface area contributed by atoms with Crippen molar-refractivity contribution in [2.45, 2.75) is 31.8 Å². The summed E-state index contributed by atoms with van der Waals surface area (Å²) in [6.45, 7) is 3.02. The number of hydrogen-bond donors (Lipinski definition) is 0. The van der Waals surface area contributed by atoms with Gasteiger partial charge in [-0.3, -0.25) is 0 Å². The van der Waals surface area contributed by atoms with Crippen molar-refractivity contribution >= 4 is 5.82 Å². The van der Waals surface area contributed by atoms with E-state index in [-0.39, 0.29) is 0 Å². The first-order valence-corrected chi connectivity index (χ1v) is 7.92. The van der Waals surface area contributed by atoms with Crippen LogP contribution in [0.1, 0.15) is 17.7 Å². The van der Waals surface area contributed by atoms with Crippen molar-refractivity contribution < 1.29 is 0 Å². The molecular weight excluding hydrogens is 272 g/mol. The molecule has 3 rings (SSSR count). The summed E-state index contributed by atoms with van der Waals surface area (Å²) in [5, 5.41) is 8.63. The average Bonchev–Trinajstić information content (AvgIpc) is 2.93. The fourth-order valence-corrected chi connectivity index (χ4v) is 3.37. The van der Waals surface area contributed by atoms with Gasteiger partial charge >= 0.3 is 0 Å². The van der Waals surface area contributed by atoms with Gasteiger partial charge < -0.3 is 9.80 Å². The van der Waals surface area contributed by atoms with Gasteiger partial charge in [0.2, 0.25) is 0 Å². The van der Waals surface area contributed by atoms with Gasteiger partial charge in [0.1, 0.15) is 0 Å². The van der Waals surface area contributed by atoms with E-state index in [1.165, 1.54) is 12.0 Å². The Morgan fingerprint density at radius 2 is 1.86 bits per heavy atom. The minimum atomic E-state index is 0.439. The Labute approximate surface area is 132 Å². The van der Waals surface area contributed by atoms with Gasteiger partial charge in [-0.25, -0.2) is 0 Å². The molecule has 0 amide bonds. The van der Waals surface area contributed by atoms with E-state index in [2.05, 4.69) is 70.5 Å². The highest BCUT2D eigenvalue weighted by Gasteiger charge is 2.36. The highest BCUT2D eigenvalue weighted by molar-refractivity contribution is 5.42. The quantitative estimate of drug-likeness (QED) is 0.868. The molecule has 4 heteroatoms. The Balaban J connectivity index is 1.86. The SMILES string of the molecule is Cc1ccc(N2CC[C@@H](N(C)C)[C@H]2Cc2ccccc2)nn1. The van der Waals surface area contributed by atoms with Crippen LogP contribution in [0, 0.1) is 6.92 Å². The van der Waals surface area contributed by atoms with Crippen LogP contribution in [0.3, 0.4) is 0 Å². The number of aromatic nitrogens is 2. The summed E-state index contributed by atoms with van der Waals surface area (Å²) in [6.07, 6.45) is 2.21. The molecule has 1 aliphatic rings. The highest BCUT2D eigenvalue weighted by Crippen LogP contribution is 2.28. The predicted molar refractivity (Wildman–Crippen MR) is 90.1 cm³/mol. The van der Waals surface area contributed by atoms with Gasteiger partial charge in [0, 0.05) is 12.6 Å². The van der Waals surface area contributed by atoms with Gasteiger partial charge in [0.15, 0.2) is 5.82 Å². The molecule has 1 aliphatic heterocycles. The lowest BCUT2D eigenvalue weighted by Gasteiger charge is -2.32. The van der Waals surface area contributed by atoms with E-state index in [9.17, 15) is 0 Å². The Hall–Kier alpha value is -1.94. The molecule has 4 nitrogen and oxygen atoms in total. The maximum absolute atomic E-state index is 4.40. The van der Waals surface area contributed by atoms with E-state index in [0.29, 0.717) is 12.1 Å². The van der Waals surface area contributed by atoms with Gasteiger partial charge in [-0.05, 0) is 51.6 Å². The van der Waals surface area contributed by atoms with Gasteiger partial charge in [0.05, 0.1) is 11.7 Å². The molecule has 22 heavy (non-hydrogen) atoms. The summed E-state index contributed by atoms with van der Waals surface area (Å²) >= 11 is 0. The van der Waals surface area contributed by atoms with Crippen molar-refractivity contribution in [3.63, 3.8) is 0 Å². The maximum atomic E-state index is 4.40. The molecule has 2 atom stereocenters. The molecule has 1 saturated heterocycles. The minimum absolute atomic E-state index is 0.439. The summed E-state index contributed by atoms with van der Waals surface area (Å²) in [5.41, 5.74) is 2.35. The second kappa shape index (κ2) is 6.44. The average molecular weight is 296 g/mol. The van der Waals surface area contributed by atoms with E-state index >= 15 is 0 Å². The number of hydrogen-bond acceptors (Lipinski definition) is 4. The number of nitrogens with zero attached hydrogens (tertiary/aromatic N) is 4. The van der Waals surface area contributed by atoms with E-state index in [1.807, 2.05) is 13.0 Å². The van der Waals surface area contributed by atoms with Crippen molar-refractivity contribution in [2.75, 3.05) is 25.5 Å². The summed E-state index contributed by atoms with van der Waals surface area (Å²) in [5.74, 6) is 0.996. The zero-order valence-electron chi connectivity index (χ0n) is 13.6. The molecule has 0 bridgehead atoms. The molecule has 0 saturated carbocycles. The Bertz CT molecular complexity index is 594. The number of aryl methyl sites for hydroxylation is 1. The number of anilines is 1. The third-order valence-electron chi connectivity index (χ3n) is 4.54. The van der Waals surface area contributed by atoms with E-state index in [1.54, 1.807) is 0 Å². The van der Waals surface area contributed by atoms with Crippen molar-refractivity contribution in [3.05, 3.63) is 53.7 Å². The van der Waals surface area contributed by atoms with E-state index in [0.717, 1.165) is 24.5 Å². The summed E-state index contributed by atoms with van der Waals surface area (Å²) in [4.78, 5) is 4.76. The van der Waals surface area contributed by atoms with Crippen LogP contribution in [0.15, 0.2) is 42.5 Å². The fraction of sp³-hybridized carbons (Fsp3) is 0.444. The molecule has 1 aromatic heterocycles. The number of likely N-dealkylation sites (N-methyl/N-ethyl adjacent to an activating group) is 1. The normalized spacial score (nSPS) is 21.5. The van der Waals surface area contributed by atoms with Crippen LogP contribution in [0.25, 0.3) is 0 Å². The first kappa shape index (κ1) is 15.0. The standard InChI is InChI=1S/C18H24N4/c1-14-9-10-18(20-19-14)22-12-11-16(21(2)3)17(22)13-15-7-5-4-6-8-15/h4-10,16-17H,11-13H2,1-3H3/t16-,17-/m1/s1. The van der Waals surface area contributed by atoms with Crippen molar-refractivity contribution in [3.8, 4) is 0 Å². The van der Waals surface area contributed by atoms with Crippen molar-refractivity contribution in [1.29, 1.82) is 0 Å². The maximum Gasteiger partial charge on any atom is 0.151 e. The van der Waals surface area contributed by atoms with Crippen LogP contribution < -0.4 is 4.90 Å². The van der Waals surface area contributed by atoms with Crippen LogP contribution in [-0.2, 0) is 6.42 Å². The van der Waals surface area contributed by atoms with E-state index < -0.39 is 0 Å². The largest absolute Gasteiger partial charge is 0.350 e. The Kier molecular flexibility index (Phi) is 4.39. The van der Waals surface area contributed by atoms with Gasteiger partial charge in [-0.2, -0.15) is 5.10 Å². The van der Waals surface area contributed by atoms with Crippen LogP contribution in [-0.4, -0.2) is 47.8 Å². The minimum Gasteiger partial charge on any atom is -0.350 e. The molecule has 0 unspecified atom stereocenters. The zero-order valence-corrected chi connectivity index (χ0v) is 13.6. The molecule has 2 heterocycles. The van der Waals surface area contributed by atoms with Crippen LogP contribution in [0.2, 0.25) is 0 Å². The van der Waals surface area contributed by atoms with Gasteiger partial charge in [0.25, 0.3) is 0 Å². The van der Waals surface area contributed by atoms with Gasteiger partial charge in [-0.15, -0.1) is 5.10 Å². The van der Waals surface area contributed by atoms with Crippen molar-refractivity contribution in [2.24, 2.45) is 0 Å². The topological polar surface area (TPSA) is 32.3 Å². The Morgan fingerprint density at radius 3 is 2.50 bits per heavy atom. The van der Waals surface area contributed by atoms with E-state index in [4.69, 9.17) is 0 Å². The molecule has 1 aromatic carbocycles. The van der Waals surface area contributed by atoms with Crippen LogP contribution >= 0.6 is 0 Å². The number of benzene rings is 1. The first-order valence-electron chi connectivity index (χ1n) is 7.92. The summed E-state index contributed by atoms with van der Waals surface area (Å²) in [7, 11) is 4.35. The lowest BCUT2D eigenvalue weighted by Crippen LogP contribution is -2.43. The third kappa shape index (κ3) is 3.12. The summed E-state index contributed by atoms with van der Waals surface area (Å²) < 4.78 is 0. The monoisotopic (exact) mass is 296 g/mol. The van der Waals surface area contributed by atoms with Crippen LogP contribution in [0.5, 0.6) is 0 Å². The lowest BCUT2D eigenvalue weighted by atomic mass is 9.99. The second-order valence-corrected chi connectivity index (χ2v) is 6.30. The van der Waals surface area contributed by atoms with Crippen LogP contribution in [0.4, 0.5) is 5.82 Å². The fourth-order valence-electron chi connectivity index (χ4n) is 3.37. The van der Waals surface area contributed by atoms with Gasteiger partial charge in [-0.1, -0.05) is 30.3 Å². The molecule has 116 valence electrons. The molecular formula is C18H24N4. The zero-order chi connectivity index (χ0) is 15.5. The molecule has 0 radical (unpaired) electrons. The molecule has 1 fully saturated rings. The third-order valence-corrected chi connectivity index (χ3v) is 4.54. The Morgan fingerprint density at radius 1 is 1.09 bits per heavy atom. The molecule has 0 N–H and O–H groups in total.